The van der Waals surface area contributed by atoms with Crippen molar-refractivity contribution < 1.29 is 14.7 Å². The number of rotatable bonds is 6. The predicted octanol–water partition coefficient (Wildman–Crippen LogP) is 1.13. The number of piperazine rings is 1. The maximum Gasteiger partial charge on any atom is 0.304 e. The predicted molar refractivity (Wildman–Crippen MR) is 89.6 cm³/mol. The van der Waals surface area contributed by atoms with E-state index >= 15 is 0 Å². The van der Waals surface area contributed by atoms with Crippen molar-refractivity contribution in [3.8, 4) is 0 Å². The number of hydrogen-bond acceptors (Lipinski definition) is 4. The van der Waals surface area contributed by atoms with Crippen molar-refractivity contribution >= 4 is 17.6 Å². The molecule has 1 N–H and O–H groups in total. The summed E-state index contributed by atoms with van der Waals surface area (Å²) in [6.07, 6.45) is 0.0515. The van der Waals surface area contributed by atoms with Crippen LogP contribution in [0.1, 0.15) is 13.3 Å². The van der Waals surface area contributed by atoms with E-state index in [-0.39, 0.29) is 18.4 Å². The number of carbonyl (C=O) groups excluding carboxylic acids is 1. The number of likely N-dealkylation sites (N-methyl/N-ethyl adjacent to an activating group) is 1. The molecule has 0 aromatic heterocycles. The van der Waals surface area contributed by atoms with Gasteiger partial charge in [0.25, 0.3) is 0 Å². The second-order valence-corrected chi connectivity index (χ2v) is 5.95. The molecule has 1 heterocycles. The van der Waals surface area contributed by atoms with Crippen LogP contribution in [-0.2, 0) is 9.59 Å². The van der Waals surface area contributed by atoms with Crippen molar-refractivity contribution in [1.29, 1.82) is 0 Å². The van der Waals surface area contributed by atoms with Crippen LogP contribution in [-0.4, -0.2) is 72.6 Å². The highest BCUT2D eigenvalue weighted by atomic mass is 16.4. The van der Waals surface area contributed by atoms with E-state index in [1.165, 1.54) is 5.69 Å². The minimum Gasteiger partial charge on any atom is -0.481 e. The molecule has 6 nitrogen and oxygen atoms in total. The van der Waals surface area contributed by atoms with Crippen molar-refractivity contribution in [2.75, 3.05) is 44.7 Å². The zero-order valence-electron chi connectivity index (χ0n) is 13.8. The number of benzene rings is 1. The van der Waals surface area contributed by atoms with Crippen molar-refractivity contribution in [3.63, 3.8) is 0 Å². The normalized spacial score (nSPS) is 16.5. The maximum absolute atomic E-state index is 12.5. The third kappa shape index (κ3) is 4.69. The van der Waals surface area contributed by atoms with Gasteiger partial charge in [-0.2, -0.15) is 0 Å². The van der Waals surface area contributed by atoms with Gasteiger partial charge in [0.1, 0.15) is 0 Å². The molecule has 0 spiro atoms. The number of nitrogens with zero attached hydrogens (tertiary/aromatic N) is 3. The first-order chi connectivity index (χ1) is 11.0. The Morgan fingerprint density at radius 3 is 2.35 bits per heavy atom. The summed E-state index contributed by atoms with van der Waals surface area (Å²) in [5.41, 5.74) is 1.19. The quantitative estimate of drug-likeness (QED) is 0.851. The second-order valence-electron chi connectivity index (χ2n) is 5.95. The van der Waals surface area contributed by atoms with Gasteiger partial charge < -0.3 is 14.9 Å². The van der Waals surface area contributed by atoms with Gasteiger partial charge in [0.15, 0.2) is 0 Å². The molecule has 1 aromatic carbocycles. The third-order valence-electron chi connectivity index (χ3n) is 4.41. The van der Waals surface area contributed by atoms with Crippen LogP contribution in [0.3, 0.4) is 0 Å². The first-order valence-corrected chi connectivity index (χ1v) is 8.00. The summed E-state index contributed by atoms with van der Waals surface area (Å²) in [4.78, 5) is 29.1. The van der Waals surface area contributed by atoms with Gasteiger partial charge in [-0.25, -0.2) is 0 Å². The van der Waals surface area contributed by atoms with Gasteiger partial charge in [0.2, 0.25) is 5.91 Å². The summed E-state index contributed by atoms with van der Waals surface area (Å²) < 4.78 is 0. The lowest BCUT2D eigenvalue weighted by atomic mass is 10.2. The van der Waals surface area contributed by atoms with Gasteiger partial charge in [-0.3, -0.25) is 14.5 Å². The lowest BCUT2D eigenvalue weighted by Gasteiger charge is -2.38. The van der Waals surface area contributed by atoms with Crippen LogP contribution < -0.4 is 4.90 Å². The van der Waals surface area contributed by atoms with Crippen molar-refractivity contribution in [1.82, 2.24) is 9.80 Å². The summed E-state index contributed by atoms with van der Waals surface area (Å²) in [6.45, 7) is 5.26. The van der Waals surface area contributed by atoms with Crippen LogP contribution in [0.5, 0.6) is 0 Å². The van der Waals surface area contributed by atoms with Crippen LogP contribution >= 0.6 is 0 Å². The number of carboxylic acid groups (broad SMARTS) is 1. The molecule has 0 aliphatic carbocycles. The standard InChI is InChI=1S/C17H25N3O3/c1-14(18(2)9-8-16(21)22)17(23)20-12-10-19(11-13-20)15-6-4-3-5-7-15/h3-7,14H,8-13H2,1-2H3,(H,21,22). The first kappa shape index (κ1) is 17.3. The zero-order chi connectivity index (χ0) is 16.8. The minimum atomic E-state index is -0.840. The molecule has 23 heavy (non-hydrogen) atoms. The van der Waals surface area contributed by atoms with E-state index in [2.05, 4.69) is 17.0 Å². The van der Waals surface area contributed by atoms with Gasteiger partial charge >= 0.3 is 5.97 Å². The topological polar surface area (TPSA) is 64.1 Å². The summed E-state index contributed by atoms with van der Waals surface area (Å²) in [6, 6.07) is 9.91. The Labute approximate surface area is 137 Å². The van der Waals surface area contributed by atoms with Crippen LogP contribution in [0.4, 0.5) is 5.69 Å². The van der Waals surface area contributed by atoms with Crippen LogP contribution in [0.15, 0.2) is 30.3 Å². The molecule has 1 amide bonds. The van der Waals surface area contributed by atoms with Crippen molar-refractivity contribution in [3.05, 3.63) is 30.3 Å². The molecule has 2 rings (SSSR count). The summed E-state index contributed by atoms with van der Waals surface area (Å²) in [7, 11) is 1.80. The molecule has 1 unspecified atom stereocenters. The fourth-order valence-electron chi connectivity index (χ4n) is 2.74. The fourth-order valence-corrected chi connectivity index (χ4v) is 2.74. The van der Waals surface area contributed by atoms with Crippen LogP contribution in [0, 0.1) is 0 Å². The average molecular weight is 319 g/mol. The van der Waals surface area contributed by atoms with Gasteiger partial charge in [-0.1, -0.05) is 18.2 Å². The lowest BCUT2D eigenvalue weighted by molar-refractivity contribution is -0.140. The van der Waals surface area contributed by atoms with Crippen molar-refractivity contribution in [2.45, 2.75) is 19.4 Å². The fraction of sp³-hybridized carbons (Fsp3) is 0.529. The molecule has 0 saturated carbocycles. The Kier molecular flexibility index (Phi) is 5.98. The molecule has 1 aliphatic rings. The molecular weight excluding hydrogens is 294 g/mol. The molecule has 1 aliphatic heterocycles. The van der Waals surface area contributed by atoms with E-state index < -0.39 is 5.97 Å². The SMILES string of the molecule is CC(C(=O)N1CCN(c2ccccc2)CC1)N(C)CCC(=O)O. The number of para-hydroxylation sites is 1. The van der Waals surface area contributed by atoms with E-state index in [9.17, 15) is 9.59 Å². The van der Waals surface area contributed by atoms with Gasteiger partial charge in [-0.05, 0) is 26.1 Å². The van der Waals surface area contributed by atoms with E-state index in [4.69, 9.17) is 5.11 Å². The average Bonchev–Trinajstić information content (AvgIpc) is 2.59. The minimum absolute atomic E-state index is 0.0515. The highest BCUT2D eigenvalue weighted by molar-refractivity contribution is 5.81. The summed E-state index contributed by atoms with van der Waals surface area (Å²) in [5.74, 6) is -0.765. The monoisotopic (exact) mass is 319 g/mol. The molecule has 126 valence electrons. The molecule has 6 heteroatoms. The molecule has 0 radical (unpaired) electrons. The highest BCUT2D eigenvalue weighted by Crippen LogP contribution is 2.16. The number of carbonyl (C=O) groups is 2. The molecule has 1 saturated heterocycles. The Morgan fingerprint density at radius 2 is 1.78 bits per heavy atom. The summed E-state index contributed by atoms with van der Waals surface area (Å²) in [5, 5.41) is 8.74. The smallest absolute Gasteiger partial charge is 0.304 e. The van der Waals surface area contributed by atoms with E-state index in [1.807, 2.05) is 30.0 Å². The largest absolute Gasteiger partial charge is 0.481 e. The van der Waals surface area contributed by atoms with Gasteiger partial charge in [0, 0.05) is 38.4 Å². The Balaban J connectivity index is 1.84. The first-order valence-electron chi connectivity index (χ1n) is 8.00. The Hall–Kier alpha value is -2.08. The Morgan fingerprint density at radius 1 is 1.17 bits per heavy atom. The van der Waals surface area contributed by atoms with Crippen LogP contribution in [0.2, 0.25) is 0 Å². The lowest BCUT2D eigenvalue weighted by Crippen LogP contribution is -2.53. The van der Waals surface area contributed by atoms with Crippen molar-refractivity contribution in [2.24, 2.45) is 0 Å². The Bertz CT molecular complexity index is 527. The molecule has 0 bridgehead atoms. The molecular formula is C17H25N3O3. The molecule has 1 aromatic rings. The zero-order valence-corrected chi connectivity index (χ0v) is 13.8. The number of anilines is 1. The molecule has 1 atom stereocenters. The van der Waals surface area contributed by atoms with Crippen LogP contribution in [0.25, 0.3) is 0 Å². The third-order valence-corrected chi connectivity index (χ3v) is 4.41. The number of hydrogen-bond donors (Lipinski definition) is 1. The number of aliphatic carboxylic acids is 1. The number of amides is 1. The summed E-state index contributed by atoms with van der Waals surface area (Å²) >= 11 is 0. The van der Waals surface area contributed by atoms with Gasteiger partial charge in [-0.15, -0.1) is 0 Å². The molecule has 1 fully saturated rings. The number of carboxylic acids is 1. The van der Waals surface area contributed by atoms with Gasteiger partial charge in [0.05, 0.1) is 12.5 Å². The maximum atomic E-state index is 12.5. The van der Waals surface area contributed by atoms with E-state index in [0.717, 1.165) is 13.1 Å². The highest BCUT2D eigenvalue weighted by Gasteiger charge is 2.27. The van der Waals surface area contributed by atoms with E-state index in [1.54, 1.807) is 11.9 Å². The van der Waals surface area contributed by atoms with E-state index in [0.29, 0.717) is 19.6 Å². The second kappa shape index (κ2) is 7.97.